The average molecular weight is 736 g/mol. The van der Waals surface area contributed by atoms with Crippen LogP contribution in [0.4, 0.5) is 0 Å². The zero-order valence-electron chi connectivity index (χ0n) is 30.9. The molecule has 1 saturated heterocycles. The van der Waals surface area contributed by atoms with Crippen LogP contribution in [0.1, 0.15) is 35.2 Å². The Balaban J connectivity index is 1.12. The molecule has 0 saturated carbocycles. The molecule has 57 heavy (non-hydrogen) atoms. The molecular weight excluding hydrogens is 699 g/mol. The number of benzene rings is 8. The maximum atomic E-state index is 6.55. The van der Waals surface area contributed by atoms with Gasteiger partial charge in [-0.25, -0.2) is 0 Å². The van der Waals surface area contributed by atoms with Crippen molar-refractivity contribution in [3.63, 3.8) is 0 Å². The summed E-state index contributed by atoms with van der Waals surface area (Å²) in [5.41, 5.74) is 12.2. The van der Waals surface area contributed by atoms with Gasteiger partial charge in [0.2, 0.25) is 0 Å². The molecule has 1 aliphatic heterocycles. The third-order valence-corrected chi connectivity index (χ3v) is 11.8. The van der Waals surface area contributed by atoms with Crippen LogP contribution in [0.25, 0.3) is 76.9 Å². The van der Waals surface area contributed by atoms with Crippen LogP contribution in [0.3, 0.4) is 0 Å². The average Bonchev–Trinajstić information content (AvgIpc) is 3.95. The first-order valence-electron chi connectivity index (χ1n) is 19.6. The quantitative estimate of drug-likeness (QED) is 0.165. The van der Waals surface area contributed by atoms with Crippen LogP contribution in [0, 0.1) is 0 Å². The summed E-state index contributed by atoms with van der Waals surface area (Å²) in [6.07, 6.45) is -0.246. The predicted octanol–water partition coefficient (Wildman–Crippen LogP) is 12.0. The molecule has 6 heteroatoms. The molecule has 3 N–H and O–H groups in total. The van der Waals surface area contributed by atoms with E-state index in [9.17, 15) is 0 Å². The minimum atomic E-state index is -0.130. The van der Waals surface area contributed by atoms with Crippen molar-refractivity contribution in [3.8, 4) is 11.4 Å². The van der Waals surface area contributed by atoms with Gasteiger partial charge < -0.3 is 13.6 Å². The number of para-hydroxylation sites is 3. The van der Waals surface area contributed by atoms with E-state index in [1.54, 1.807) is 0 Å². The van der Waals surface area contributed by atoms with E-state index in [1.165, 1.54) is 43.7 Å². The number of aromatic nitrogens is 2. The first-order valence-corrected chi connectivity index (χ1v) is 19.6. The van der Waals surface area contributed by atoms with Gasteiger partial charge in [-0.05, 0) is 77.4 Å². The Morgan fingerprint density at radius 2 is 0.825 bits per heavy atom. The molecule has 0 amide bonds. The molecule has 1 aliphatic rings. The summed E-state index contributed by atoms with van der Waals surface area (Å²) < 4.78 is 11.4. The summed E-state index contributed by atoms with van der Waals surface area (Å²) in [6, 6.07) is 67.2. The lowest BCUT2D eigenvalue weighted by Gasteiger charge is -2.39. The molecule has 2 atom stereocenters. The van der Waals surface area contributed by atoms with Crippen LogP contribution < -0.4 is 16.0 Å². The zero-order valence-corrected chi connectivity index (χ0v) is 30.9. The molecule has 0 bridgehead atoms. The van der Waals surface area contributed by atoms with Crippen molar-refractivity contribution >= 4 is 65.6 Å². The van der Waals surface area contributed by atoms with Gasteiger partial charge in [-0.2, -0.15) is 0 Å². The van der Waals surface area contributed by atoms with Gasteiger partial charge in [-0.15, -0.1) is 0 Å². The fraction of sp³-hybridized carbons (Fsp3) is 0.0588. The minimum Gasteiger partial charge on any atom is -0.456 e. The number of fused-ring (bicyclic) bond motifs is 11. The summed E-state index contributed by atoms with van der Waals surface area (Å²) in [5, 5.41) is 18.7. The fourth-order valence-corrected chi connectivity index (χ4v) is 9.35. The summed E-state index contributed by atoms with van der Waals surface area (Å²) in [7, 11) is 0. The van der Waals surface area contributed by atoms with Gasteiger partial charge in [0.05, 0.1) is 40.6 Å². The van der Waals surface area contributed by atoms with E-state index in [1.807, 2.05) is 0 Å². The SMILES string of the molecule is c1ccc(C2NC(c3ccccc3)NC(c3cccc(-n4c5ccc6oc7ccccc7c6c5c5c6c7ccccc7n(-c7ccccc7)c6ccc54)c3)N2)cc1. The lowest BCUT2D eigenvalue weighted by Crippen LogP contribution is -2.54. The van der Waals surface area contributed by atoms with Gasteiger partial charge in [-0.3, -0.25) is 16.0 Å². The predicted molar refractivity (Wildman–Crippen MR) is 233 cm³/mol. The standard InChI is InChI=1S/C51H37N5O/c1-4-15-32(16-5-1)49-52-50(33-17-6-2-7-18-33)54-51(53-49)34-19-14-22-36(31-34)56-41-28-27-40-45(37-23-10-12-25-39(37)55(40)35-20-8-3-9-21-35)47(41)48-42(56)29-30-44-46(48)38-24-11-13-26-43(38)57-44/h1-31,49-54H. The van der Waals surface area contributed by atoms with Crippen LogP contribution in [0.2, 0.25) is 0 Å². The number of rotatable bonds is 5. The Morgan fingerprint density at radius 1 is 0.333 bits per heavy atom. The summed E-state index contributed by atoms with van der Waals surface area (Å²) in [4.78, 5) is 0. The van der Waals surface area contributed by atoms with Crippen molar-refractivity contribution in [1.29, 1.82) is 0 Å². The zero-order chi connectivity index (χ0) is 37.5. The highest BCUT2D eigenvalue weighted by Gasteiger charge is 2.30. The molecule has 8 aromatic carbocycles. The Bertz CT molecular complexity index is 3240. The second-order valence-electron chi connectivity index (χ2n) is 15.0. The molecule has 11 aromatic rings. The molecule has 4 heterocycles. The topological polar surface area (TPSA) is 59.1 Å². The number of hydrogen-bond donors (Lipinski definition) is 3. The third kappa shape index (κ3) is 5.02. The lowest BCUT2D eigenvalue weighted by atomic mass is 10.0. The minimum absolute atomic E-state index is 0.0579. The Hall–Kier alpha value is -6.96. The molecule has 6 nitrogen and oxygen atoms in total. The van der Waals surface area contributed by atoms with Crippen molar-refractivity contribution in [3.05, 3.63) is 205 Å². The fourth-order valence-electron chi connectivity index (χ4n) is 9.35. The van der Waals surface area contributed by atoms with Gasteiger partial charge in [0.25, 0.3) is 0 Å². The lowest BCUT2D eigenvalue weighted by molar-refractivity contribution is 0.203. The molecule has 1 fully saturated rings. The summed E-state index contributed by atoms with van der Waals surface area (Å²) in [6.45, 7) is 0. The van der Waals surface area contributed by atoms with Crippen molar-refractivity contribution in [1.82, 2.24) is 25.1 Å². The first kappa shape index (κ1) is 32.3. The van der Waals surface area contributed by atoms with Crippen LogP contribution in [-0.2, 0) is 0 Å². The van der Waals surface area contributed by atoms with Gasteiger partial charge in [-0.1, -0.05) is 127 Å². The Labute approximate surface area is 328 Å². The highest BCUT2D eigenvalue weighted by Crippen LogP contribution is 2.46. The maximum Gasteiger partial charge on any atom is 0.136 e. The van der Waals surface area contributed by atoms with Gasteiger partial charge in [0.15, 0.2) is 0 Å². The smallest absolute Gasteiger partial charge is 0.136 e. The van der Waals surface area contributed by atoms with Gasteiger partial charge in [0.1, 0.15) is 11.2 Å². The van der Waals surface area contributed by atoms with Crippen molar-refractivity contribution in [2.45, 2.75) is 18.5 Å². The van der Waals surface area contributed by atoms with Crippen molar-refractivity contribution in [2.24, 2.45) is 0 Å². The third-order valence-electron chi connectivity index (χ3n) is 11.8. The number of hydrogen-bond acceptors (Lipinski definition) is 4. The van der Waals surface area contributed by atoms with Crippen molar-refractivity contribution < 1.29 is 4.42 Å². The molecule has 2 unspecified atom stereocenters. The van der Waals surface area contributed by atoms with Crippen LogP contribution in [0.5, 0.6) is 0 Å². The summed E-state index contributed by atoms with van der Waals surface area (Å²) in [5.74, 6) is 0. The molecule has 0 spiro atoms. The van der Waals surface area contributed by atoms with Crippen LogP contribution in [-0.4, -0.2) is 9.13 Å². The van der Waals surface area contributed by atoms with E-state index in [-0.39, 0.29) is 18.5 Å². The number of nitrogens with one attached hydrogen (secondary N) is 3. The highest BCUT2D eigenvalue weighted by atomic mass is 16.3. The second kappa shape index (κ2) is 12.8. The second-order valence-corrected chi connectivity index (χ2v) is 15.0. The number of furan rings is 1. The van der Waals surface area contributed by atoms with Crippen LogP contribution in [0.15, 0.2) is 192 Å². The Morgan fingerprint density at radius 3 is 1.53 bits per heavy atom. The van der Waals surface area contributed by atoms with Gasteiger partial charge in [0, 0.05) is 43.7 Å². The molecule has 0 aliphatic carbocycles. The maximum absolute atomic E-state index is 6.55. The molecule has 12 rings (SSSR count). The van der Waals surface area contributed by atoms with E-state index in [0.717, 1.165) is 49.9 Å². The largest absolute Gasteiger partial charge is 0.456 e. The van der Waals surface area contributed by atoms with E-state index in [4.69, 9.17) is 4.42 Å². The molecular formula is C51H37N5O. The van der Waals surface area contributed by atoms with Crippen LogP contribution >= 0.6 is 0 Å². The highest BCUT2D eigenvalue weighted by molar-refractivity contribution is 6.35. The van der Waals surface area contributed by atoms with E-state index in [2.05, 4.69) is 213 Å². The Kier molecular flexibility index (Phi) is 7.25. The number of nitrogens with zero attached hydrogens (tertiary/aromatic N) is 2. The van der Waals surface area contributed by atoms with Gasteiger partial charge >= 0.3 is 0 Å². The first-order chi connectivity index (χ1) is 28.3. The molecule has 272 valence electrons. The monoisotopic (exact) mass is 735 g/mol. The molecule has 0 radical (unpaired) electrons. The summed E-state index contributed by atoms with van der Waals surface area (Å²) >= 11 is 0. The van der Waals surface area contributed by atoms with Crippen molar-refractivity contribution in [2.75, 3.05) is 0 Å². The molecule has 3 aromatic heterocycles. The van der Waals surface area contributed by atoms with E-state index in [0.29, 0.717) is 0 Å². The normalized spacial score (nSPS) is 17.4. The van der Waals surface area contributed by atoms with E-state index < -0.39 is 0 Å². The van der Waals surface area contributed by atoms with E-state index >= 15 is 0 Å².